The Balaban J connectivity index is 0.000000442. The van der Waals surface area contributed by atoms with Gasteiger partial charge in [0.15, 0.2) is 0 Å². The summed E-state index contributed by atoms with van der Waals surface area (Å²) in [5.41, 5.74) is 3.61. The van der Waals surface area contributed by atoms with Gasteiger partial charge < -0.3 is 0 Å². The first-order chi connectivity index (χ1) is 7.40. The number of rotatable bonds is 1. The highest BCUT2D eigenvalue weighted by Crippen LogP contribution is 2.21. The molecule has 1 aromatic rings. The number of aldehydes is 1. The van der Waals surface area contributed by atoms with Gasteiger partial charge in [0.2, 0.25) is 0 Å². The molecule has 1 aliphatic rings. The molecule has 2 rings (SSSR count). The third-order valence-corrected chi connectivity index (χ3v) is 2.26. The summed E-state index contributed by atoms with van der Waals surface area (Å²) in [5.74, 6) is 0. The number of benzene rings is 1. The smallest absolute Gasteiger partial charge is 0.150 e. The van der Waals surface area contributed by atoms with Crippen LogP contribution in [0.5, 0.6) is 0 Å². The minimum absolute atomic E-state index is 0.811. The summed E-state index contributed by atoms with van der Waals surface area (Å²) < 4.78 is 0. The zero-order valence-electron chi connectivity index (χ0n) is 10.3. The lowest BCUT2D eigenvalue weighted by atomic mass is 10.1. The van der Waals surface area contributed by atoms with E-state index in [2.05, 4.69) is 6.07 Å². The van der Waals surface area contributed by atoms with E-state index in [0.29, 0.717) is 0 Å². The van der Waals surface area contributed by atoms with Crippen molar-refractivity contribution in [3.8, 4) is 0 Å². The van der Waals surface area contributed by atoms with Gasteiger partial charge in [0, 0.05) is 5.56 Å². The molecule has 15 heavy (non-hydrogen) atoms. The predicted molar refractivity (Wildman–Crippen MR) is 66.6 cm³/mol. The molecule has 0 aromatic heterocycles. The van der Waals surface area contributed by atoms with Crippen LogP contribution in [-0.4, -0.2) is 6.29 Å². The summed E-state index contributed by atoms with van der Waals surface area (Å²) in [4.78, 5) is 10.4. The molecule has 1 nitrogen and oxygen atoms in total. The molecule has 1 aliphatic carbocycles. The van der Waals surface area contributed by atoms with Crippen LogP contribution >= 0.6 is 0 Å². The van der Waals surface area contributed by atoms with Crippen LogP contribution in [0.15, 0.2) is 18.2 Å². The highest BCUT2D eigenvalue weighted by Gasteiger charge is 2.09. The Bertz CT molecular complexity index is 289. The van der Waals surface area contributed by atoms with Crippen molar-refractivity contribution in [2.75, 3.05) is 0 Å². The summed E-state index contributed by atoms with van der Waals surface area (Å²) in [6, 6.07) is 5.98. The highest BCUT2D eigenvalue weighted by molar-refractivity contribution is 5.75. The minimum atomic E-state index is 0.811. The number of hydrogen-bond donors (Lipinski definition) is 0. The zero-order chi connectivity index (χ0) is 11.7. The fraction of sp³-hybridized carbons (Fsp3) is 0.500. The van der Waals surface area contributed by atoms with Crippen LogP contribution in [0.1, 0.15) is 55.6 Å². The molecule has 0 heterocycles. The van der Waals surface area contributed by atoms with E-state index in [9.17, 15) is 4.79 Å². The first kappa shape index (κ1) is 13.9. The maximum absolute atomic E-state index is 10.4. The third-order valence-electron chi connectivity index (χ3n) is 2.26. The molecule has 0 amide bonds. The maximum atomic E-state index is 10.4. The predicted octanol–water partition coefficient (Wildman–Crippen LogP) is 4.04. The molecule has 0 atom stereocenters. The van der Waals surface area contributed by atoms with E-state index in [-0.39, 0.29) is 0 Å². The molecule has 0 aliphatic heterocycles. The van der Waals surface area contributed by atoms with Crippen molar-refractivity contribution in [3.05, 3.63) is 34.9 Å². The Kier molecular flexibility index (Phi) is 7.61. The second-order valence-electron chi connectivity index (χ2n) is 3.00. The maximum Gasteiger partial charge on any atom is 0.150 e. The topological polar surface area (TPSA) is 17.1 Å². The Morgan fingerprint density at radius 1 is 1.00 bits per heavy atom. The summed E-state index contributed by atoms with van der Waals surface area (Å²) in [6.07, 6.45) is 4.50. The van der Waals surface area contributed by atoms with Crippen molar-refractivity contribution >= 4 is 6.29 Å². The van der Waals surface area contributed by atoms with Crippen LogP contribution in [0, 0.1) is 0 Å². The summed E-state index contributed by atoms with van der Waals surface area (Å²) in [6.45, 7) is 8.00. The summed E-state index contributed by atoms with van der Waals surface area (Å²) in [5, 5.41) is 0. The van der Waals surface area contributed by atoms with E-state index < -0.39 is 0 Å². The van der Waals surface area contributed by atoms with Crippen LogP contribution < -0.4 is 0 Å². The number of carbonyl (C=O) groups excluding carboxylic acids is 1. The van der Waals surface area contributed by atoms with Gasteiger partial charge in [-0.25, -0.2) is 0 Å². The second kappa shape index (κ2) is 8.22. The van der Waals surface area contributed by atoms with E-state index in [1.165, 1.54) is 24.0 Å². The van der Waals surface area contributed by atoms with Gasteiger partial charge in [-0.1, -0.05) is 39.8 Å². The average molecular weight is 206 g/mol. The van der Waals surface area contributed by atoms with Gasteiger partial charge in [-0.3, -0.25) is 4.79 Å². The number of aryl methyl sites for hydroxylation is 2. The SMILES string of the molecule is CC.CC.O=Cc1ccc2c(c1)CCC2. The van der Waals surface area contributed by atoms with Gasteiger partial charge in [-0.05, 0) is 36.5 Å². The van der Waals surface area contributed by atoms with Gasteiger partial charge in [-0.15, -0.1) is 0 Å². The standard InChI is InChI=1S/C10H10O.2C2H6/c11-7-8-4-5-9-2-1-3-10(9)6-8;2*1-2/h4-7H,1-3H2;2*1-2H3. The molecule has 0 N–H and O–H groups in total. The van der Waals surface area contributed by atoms with E-state index >= 15 is 0 Å². The van der Waals surface area contributed by atoms with Crippen LogP contribution in [0.4, 0.5) is 0 Å². The lowest BCUT2D eigenvalue weighted by molar-refractivity contribution is 0.112. The van der Waals surface area contributed by atoms with Crippen molar-refractivity contribution < 1.29 is 4.79 Å². The number of hydrogen-bond acceptors (Lipinski definition) is 1. The molecule has 0 unspecified atom stereocenters. The van der Waals surface area contributed by atoms with Crippen molar-refractivity contribution in [3.63, 3.8) is 0 Å². The van der Waals surface area contributed by atoms with Crippen LogP contribution in [-0.2, 0) is 12.8 Å². The molecule has 0 saturated carbocycles. The van der Waals surface area contributed by atoms with Gasteiger partial charge in [-0.2, -0.15) is 0 Å². The molecule has 1 aromatic carbocycles. The van der Waals surface area contributed by atoms with E-state index in [4.69, 9.17) is 0 Å². The minimum Gasteiger partial charge on any atom is -0.298 e. The Morgan fingerprint density at radius 2 is 1.60 bits per heavy atom. The van der Waals surface area contributed by atoms with Crippen molar-refractivity contribution in [2.45, 2.75) is 47.0 Å². The Morgan fingerprint density at radius 3 is 2.20 bits per heavy atom. The first-order valence-corrected chi connectivity index (χ1v) is 5.97. The van der Waals surface area contributed by atoms with Crippen molar-refractivity contribution in [1.29, 1.82) is 0 Å². The van der Waals surface area contributed by atoms with Crippen LogP contribution in [0.2, 0.25) is 0 Å². The van der Waals surface area contributed by atoms with Gasteiger partial charge >= 0.3 is 0 Å². The van der Waals surface area contributed by atoms with Gasteiger partial charge in [0.05, 0.1) is 0 Å². The molecular formula is C14H22O. The number of carbonyl (C=O) groups is 1. The molecule has 0 spiro atoms. The van der Waals surface area contributed by atoms with Crippen molar-refractivity contribution in [2.24, 2.45) is 0 Å². The highest BCUT2D eigenvalue weighted by atomic mass is 16.1. The molecule has 0 saturated heterocycles. The Labute approximate surface area is 93.5 Å². The number of fused-ring (bicyclic) bond motifs is 1. The van der Waals surface area contributed by atoms with E-state index in [1.807, 2.05) is 39.8 Å². The fourth-order valence-corrected chi connectivity index (χ4v) is 1.67. The second-order valence-corrected chi connectivity index (χ2v) is 3.00. The van der Waals surface area contributed by atoms with Crippen LogP contribution in [0.3, 0.4) is 0 Å². The molecule has 0 fully saturated rings. The lowest BCUT2D eigenvalue weighted by Gasteiger charge is -1.97. The third kappa shape index (κ3) is 3.86. The average Bonchev–Trinajstić information content (AvgIpc) is 2.81. The molecule has 1 heteroatoms. The Hall–Kier alpha value is -1.11. The quantitative estimate of drug-likeness (QED) is 0.634. The summed E-state index contributed by atoms with van der Waals surface area (Å²) >= 11 is 0. The van der Waals surface area contributed by atoms with Crippen molar-refractivity contribution in [1.82, 2.24) is 0 Å². The van der Waals surface area contributed by atoms with Crippen LogP contribution in [0.25, 0.3) is 0 Å². The molecular weight excluding hydrogens is 184 g/mol. The van der Waals surface area contributed by atoms with Gasteiger partial charge in [0.1, 0.15) is 6.29 Å². The fourth-order valence-electron chi connectivity index (χ4n) is 1.67. The van der Waals surface area contributed by atoms with E-state index in [0.717, 1.165) is 18.3 Å². The normalized spacial score (nSPS) is 11.5. The molecule has 0 radical (unpaired) electrons. The lowest BCUT2D eigenvalue weighted by Crippen LogP contribution is -1.85. The summed E-state index contributed by atoms with van der Waals surface area (Å²) in [7, 11) is 0. The van der Waals surface area contributed by atoms with E-state index in [1.54, 1.807) is 0 Å². The largest absolute Gasteiger partial charge is 0.298 e. The monoisotopic (exact) mass is 206 g/mol. The molecule has 0 bridgehead atoms. The molecule has 84 valence electrons. The van der Waals surface area contributed by atoms with Gasteiger partial charge in [0.25, 0.3) is 0 Å². The zero-order valence-corrected chi connectivity index (χ0v) is 10.3. The first-order valence-electron chi connectivity index (χ1n) is 5.97.